The maximum atomic E-state index is 13.0. The van der Waals surface area contributed by atoms with Crippen LogP contribution in [-0.4, -0.2) is 35.7 Å². The van der Waals surface area contributed by atoms with E-state index in [1.807, 2.05) is 13.8 Å². The van der Waals surface area contributed by atoms with Crippen LogP contribution >= 0.6 is 0 Å². The third kappa shape index (κ3) is 3.08. The lowest BCUT2D eigenvalue weighted by Crippen LogP contribution is -3.18. The van der Waals surface area contributed by atoms with E-state index in [4.69, 9.17) is 0 Å². The van der Waals surface area contributed by atoms with Gasteiger partial charge in [0.15, 0.2) is 5.78 Å². The van der Waals surface area contributed by atoms with E-state index in [0.29, 0.717) is 11.3 Å². The SMILES string of the molecule is CC(=O)c1c(C)[nH]c(C(=O)[C@@H](C)[NH+]2CC[C@@H]3CCCC[C@@H]3C2)c1C. The number of H-pyrrole nitrogens is 1. The Bertz CT molecular complexity index is 646. The topological polar surface area (TPSA) is 54.4 Å². The minimum atomic E-state index is -0.0376. The maximum absolute atomic E-state index is 13.0. The van der Waals surface area contributed by atoms with E-state index in [1.165, 1.54) is 37.0 Å². The standard InChI is InChI=1S/C20H30N2O2/c1-12-18(15(4)23)13(2)21-19(12)20(24)14(3)22-10-9-16-7-5-6-8-17(16)11-22/h14,16-17,21H,5-11H2,1-4H3/p+1/t14-,16+,17-/m1/s1. The highest BCUT2D eigenvalue weighted by Crippen LogP contribution is 2.32. The third-order valence-corrected chi connectivity index (χ3v) is 6.47. The second kappa shape index (κ2) is 6.83. The second-order valence-corrected chi connectivity index (χ2v) is 7.97. The number of hydrogen-bond acceptors (Lipinski definition) is 2. The molecule has 24 heavy (non-hydrogen) atoms. The van der Waals surface area contributed by atoms with Crippen LogP contribution in [0, 0.1) is 25.7 Å². The van der Waals surface area contributed by atoms with E-state index in [1.54, 1.807) is 6.92 Å². The molecule has 0 spiro atoms. The number of hydrogen-bond donors (Lipinski definition) is 2. The number of quaternary nitrogens is 1. The zero-order chi connectivity index (χ0) is 17.4. The van der Waals surface area contributed by atoms with Gasteiger partial charge in [-0.2, -0.15) is 0 Å². The summed E-state index contributed by atoms with van der Waals surface area (Å²) in [5.74, 6) is 1.89. The van der Waals surface area contributed by atoms with Crippen LogP contribution in [-0.2, 0) is 0 Å². The highest BCUT2D eigenvalue weighted by Gasteiger charge is 2.38. The largest absolute Gasteiger partial charge is 0.355 e. The predicted octanol–water partition coefficient (Wildman–Crippen LogP) is 2.50. The molecule has 2 aliphatic rings. The first-order valence-electron chi connectivity index (χ1n) is 9.49. The molecule has 4 nitrogen and oxygen atoms in total. The van der Waals surface area contributed by atoms with Gasteiger partial charge in [-0.25, -0.2) is 0 Å². The number of likely N-dealkylation sites (tertiary alicyclic amines) is 1. The maximum Gasteiger partial charge on any atom is 0.235 e. The number of nitrogens with one attached hydrogen (secondary N) is 2. The summed E-state index contributed by atoms with van der Waals surface area (Å²) >= 11 is 0. The Hall–Kier alpha value is -1.42. The number of aromatic nitrogens is 1. The molecule has 0 radical (unpaired) electrons. The smallest absolute Gasteiger partial charge is 0.235 e. The number of rotatable bonds is 4. The van der Waals surface area contributed by atoms with Gasteiger partial charge >= 0.3 is 0 Å². The lowest BCUT2D eigenvalue weighted by molar-refractivity contribution is -0.923. The van der Waals surface area contributed by atoms with Crippen LogP contribution in [0.3, 0.4) is 0 Å². The predicted molar refractivity (Wildman–Crippen MR) is 94.8 cm³/mol. The molecule has 1 saturated heterocycles. The van der Waals surface area contributed by atoms with E-state index in [9.17, 15) is 9.59 Å². The van der Waals surface area contributed by atoms with Crippen LogP contribution in [0.15, 0.2) is 0 Å². The molecule has 1 aromatic rings. The molecule has 0 amide bonds. The Morgan fingerprint density at radius 3 is 2.42 bits per heavy atom. The Balaban J connectivity index is 1.75. The zero-order valence-corrected chi connectivity index (χ0v) is 15.5. The fourth-order valence-electron chi connectivity index (χ4n) is 5.06. The first kappa shape index (κ1) is 17.4. The van der Waals surface area contributed by atoms with Gasteiger partial charge in [0.25, 0.3) is 0 Å². The van der Waals surface area contributed by atoms with Crippen molar-refractivity contribution in [1.29, 1.82) is 0 Å². The highest BCUT2D eigenvalue weighted by molar-refractivity contribution is 6.04. The Morgan fingerprint density at radius 1 is 1.12 bits per heavy atom. The van der Waals surface area contributed by atoms with Crippen molar-refractivity contribution in [3.8, 4) is 0 Å². The van der Waals surface area contributed by atoms with Gasteiger partial charge in [-0.1, -0.05) is 12.8 Å². The molecule has 1 saturated carbocycles. The fraction of sp³-hybridized carbons (Fsp3) is 0.700. The van der Waals surface area contributed by atoms with Crippen LogP contribution in [0.5, 0.6) is 0 Å². The van der Waals surface area contributed by atoms with Crippen molar-refractivity contribution in [1.82, 2.24) is 4.98 Å². The molecule has 1 aromatic heterocycles. The first-order valence-corrected chi connectivity index (χ1v) is 9.49. The van der Waals surface area contributed by atoms with E-state index < -0.39 is 0 Å². The van der Waals surface area contributed by atoms with Gasteiger partial charge in [-0.05, 0) is 58.4 Å². The summed E-state index contributed by atoms with van der Waals surface area (Å²) in [6, 6.07) is -0.0376. The van der Waals surface area contributed by atoms with Crippen LogP contribution in [0.1, 0.15) is 78.1 Å². The van der Waals surface area contributed by atoms with E-state index in [-0.39, 0.29) is 17.6 Å². The van der Waals surface area contributed by atoms with Crippen molar-refractivity contribution in [2.24, 2.45) is 11.8 Å². The van der Waals surface area contributed by atoms with Crippen LogP contribution in [0.25, 0.3) is 0 Å². The van der Waals surface area contributed by atoms with Crippen molar-refractivity contribution < 1.29 is 14.5 Å². The van der Waals surface area contributed by atoms with Crippen molar-refractivity contribution in [3.05, 3.63) is 22.5 Å². The molecule has 1 aliphatic heterocycles. The molecule has 4 heteroatoms. The van der Waals surface area contributed by atoms with Crippen LogP contribution < -0.4 is 4.90 Å². The lowest BCUT2D eigenvalue weighted by atomic mass is 9.75. The van der Waals surface area contributed by atoms with E-state index >= 15 is 0 Å². The van der Waals surface area contributed by atoms with Gasteiger partial charge in [-0.15, -0.1) is 0 Å². The Kier molecular flexibility index (Phi) is 4.95. The molecular formula is C20H31N2O2+. The van der Waals surface area contributed by atoms with Crippen LogP contribution in [0.4, 0.5) is 0 Å². The average molecular weight is 331 g/mol. The van der Waals surface area contributed by atoms with Gasteiger partial charge in [0, 0.05) is 17.2 Å². The molecule has 132 valence electrons. The first-order chi connectivity index (χ1) is 11.4. The summed E-state index contributed by atoms with van der Waals surface area (Å²) in [5.41, 5.74) is 2.97. The van der Waals surface area contributed by atoms with Gasteiger partial charge in [-0.3, -0.25) is 9.59 Å². The monoisotopic (exact) mass is 331 g/mol. The zero-order valence-electron chi connectivity index (χ0n) is 15.5. The van der Waals surface area contributed by atoms with Crippen molar-refractivity contribution in [2.45, 2.75) is 65.8 Å². The fourth-order valence-corrected chi connectivity index (χ4v) is 5.06. The number of aryl methyl sites for hydroxylation is 1. The summed E-state index contributed by atoms with van der Waals surface area (Å²) in [7, 11) is 0. The van der Waals surface area contributed by atoms with E-state index in [0.717, 1.165) is 36.2 Å². The minimum absolute atomic E-state index is 0.0309. The summed E-state index contributed by atoms with van der Waals surface area (Å²) in [5, 5.41) is 0. The third-order valence-electron chi connectivity index (χ3n) is 6.47. The van der Waals surface area contributed by atoms with Crippen LogP contribution in [0.2, 0.25) is 0 Å². The number of aromatic amines is 1. The molecule has 2 N–H and O–H groups in total. The van der Waals surface area contributed by atoms with Gasteiger partial charge in [0.1, 0.15) is 6.04 Å². The van der Waals surface area contributed by atoms with E-state index in [2.05, 4.69) is 11.9 Å². The molecule has 2 fully saturated rings. The quantitative estimate of drug-likeness (QED) is 0.833. The number of fused-ring (bicyclic) bond motifs is 1. The summed E-state index contributed by atoms with van der Waals surface area (Å²) in [4.78, 5) is 29.5. The number of ketones is 2. The average Bonchev–Trinajstić information content (AvgIpc) is 2.87. The van der Waals surface area contributed by atoms with Crippen molar-refractivity contribution in [2.75, 3.05) is 13.1 Å². The molecule has 1 unspecified atom stereocenters. The molecule has 0 aromatic carbocycles. The molecule has 3 rings (SSSR count). The molecule has 4 atom stereocenters. The molecule has 1 aliphatic carbocycles. The number of Topliss-reactive ketones (excluding diaryl/α,β-unsaturated/α-hetero) is 2. The summed E-state index contributed by atoms with van der Waals surface area (Å²) < 4.78 is 0. The van der Waals surface area contributed by atoms with Gasteiger partial charge in [0.2, 0.25) is 5.78 Å². The van der Waals surface area contributed by atoms with Crippen molar-refractivity contribution in [3.63, 3.8) is 0 Å². The lowest BCUT2D eigenvalue weighted by Gasteiger charge is -2.40. The molecular weight excluding hydrogens is 300 g/mol. The summed E-state index contributed by atoms with van der Waals surface area (Å²) in [6.07, 6.45) is 6.73. The summed E-state index contributed by atoms with van der Waals surface area (Å²) in [6.45, 7) is 9.64. The minimum Gasteiger partial charge on any atom is -0.355 e. The molecule has 0 bridgehead atoms. The second-order valence-electron chi connectivity index (χ2n) is 7.97. The Labute approximate surface area is 145 Å². The van der Waals surface area contributed by atoms with Crippen molar-refractivity contribution >= 4 is 11.6 Å². The number of piperidine rings is 1. The molecule has 2 heterocycles. The van der Waals surface area contributed by atoms with Gasteiger partial charge in [0.05, 0.1) is 18.8 Å². The number of carbonyl (C=O) groups is 2. The normalized spacial score (nSPS) is 28.2. The Morgan fingerprint density at radius 2 is 1.79 bits per heavy atom. The highest BCUT2D eigenvalue weighted by atomic mass is 16.1. The number of carbonyl (C=O) groups excluding carboxylic acids is 2. The van der Waals surface area contributed by atoms with Gasteiger partial charge < -0.3 is 9.88 Å².